The van der Waals surface area contributed by atoms with E-state index in [0.29, 0.717) is 12.3 Å². The van der Waals surface area contributed by atoms with Gasteiger partial charge in [0.2, 0.25) is 5.91 Å². The number of carbonyl (C=O) groups excluding carboxylic acids is 1. The average molecular weight is 214 g/mol. The van der Waals surface area contributed by atoms with Gasteiger partial charge < -0.3 is 16.2 Å². The Balaban J connectivity index is 2.26. The highest BCUT2D eigenvalue weighted by Gasteiger charge is 2.30. The molecule has 0 aromatic heterocycles. The molecule has 1 fully saturated rings. The van der Waals surface area contributed by atoms with Crippen LogP contribution in [0.2, 0.25) is 0 Å². The monoisotopic (exact) mass is 214 g/mol. The Bertz CT molecular complexity index is 215. The molecule has 0 aliphatic heterocycles. The maximum Gasteiger partial charge on any atom is 0.221 e. The van der Waals surface area contributed by atoms with Gasteiger partial charge in [0.1, 0.15) is 0 Å². The van der Waals surface area contributed by atoms with E-state index in [1.807, 2.05) is 13.8 Å². The minimum atomic E-state index is -0.149. The molecule has 0 radical (unpaired) electrons. The van der Waals surface area contributed by atoms with Gasteiger partial charge in [-0.15, -0.1) is 0 Å². The summed E-state index contributed by atoms with van der Waals surface area (Å²) >= 11 is 0. The van der Waals surface area contributed by atoms with Crippen LogP contribution in [0.4, 0.5) is 0 Å². The lowest BCUT2D eigenvalue weighted by Gasteiger charge is -2.21. The largest absolute Gasteiger partial charge is 0.394 e. The molecular formula is C11H22N2O2. The Labute approximate surface area is 91.2 Å². The first-order valence-electron chi connectivity index (χ1n) is 5.70. The van der Waals surface area contributed by atoms with E-state index in [0.717, 1.165) is 12.8 Å². The van der Waals surface area contributed by atoms with E-state index in [2.05, 4.69) is 5.32 Å². The number of aliphatic hydroxyl groups excluding tert-OH is 1. The second kappa shape index (κ2) is 5.47. The van der Waals surface area contributed by atoms with Crippen LogP contribution in [0, 0.1) is 11.8 Å². The maximum absolute atomic E-state index is 11.6. The van der Waals surface area contributed by atoms with E-state index in [-0.39, 0.29) is 30.5 Å². The summed E-state index contributed by atoms with van der Waals surface area (Å²) in [6.07, 6.45) is 2.69. The van der Waals surface area contributed by atoms with Crippen molar-refractivity contribution >= 4 is 5.91 Å². The minimum Gasteiger partial charge on any atom is -0.394 e. The van der Waals surface area contributed by atoms with Gasteiger partial charge in [-0.2, -0.15) is 0 Å². The topological polar surface area (TPSA) is 75.3 Å². The summed E-state index contributed by atoms with van der Waals surface area (Å²) in [5.74, 6) is 0.751. The Morgan fingerprint density at radius 1 is 1.53 bits per heavy atom. The molecule has 88 valence electrons. The van der Waals surface area contributed by atoms with Crippen LogP contribution >= 0.6 is 0 Å². The van der Waals surface area contributed by atoms with E-state index in [4.69, 9.17) is 10.8 Å². The van der Waals surface area contributed by atoms with Crippen molar-refractivity contribution in [2.45, 2.75) is 45.2 Å². The molecule has 0 heterocycles. The lowest BCUT2D eigenvalue weighted by molar-refractivity contribution is -0.122. The normalized spacial score (nSPS) is 20.1. The highest BCUT2D eigenvalue weighted by atomic mass is 16.3. The lowest BCUT2D eigenvalue weighted by Crippen LogP contribution is -2.43. The molecule has 2 atom stereocenters. The Kier molecular flexibility index (Phi) is 4.54. The van der Waals surface area contributed by atoms with E-state index in [1.54, 1.807) is 0 Å². The van der Waals surface area contributed by atoms with Crippen LogP contribution in [-0.4, -0.2) is 29.7 Å². The fraction of sp³-hybridized carbons (Fsp3) is 0.909. The van der Waals surface area contributed by atoms with Gasteiger partial charge in [0.25, 0.3) is 0 Å². The summed E-state index contributed by atoms with van der Waals surface area (Å²) in [5.41, 5.74) is 5.85. The summed E-state index contributed by atoms with van der Waals surface area (Å²) < 4.78 is 0. The van der Waals surface area contributed by atoms with Crippen LogP contribution in [0.5, 0.6) is 0 Å². The SMILES string of the molecule is CC(C)[C@@H](CO)NC(=O)CC(N)C1CC1. The van der Waals surface area contributed by atoms with E-state index in [9.17, 15) is 4.79 Å². The number of amides is 1. The van der Waals surface area contributed by atoms with Crippen LogP contribution < -0.4 is 11.1 Å². The molecule has 0 saturated heterocycles. The van der Waals surface area contributed by atoms with Gasteiger partial charge in [-0.1, -0.05) is 13.8 Å². The minimum absolute atomic E-state index is 0.00324. The van der Waals surface area contributed by atoms with Gasteiger partial charge in [-0.25, -0.2) is 0 Å². The predicted molar refractivity (Wildman–Crippen MR) is 59.2 cm³/mol. The number of hydrogen-bond donors (Lipinski definition) is 3. The highest BCUT2D eigenvalue weighted by Crippen LogP contribution is 2.32. The van der Waals surface area contributed by atoms with Gasteiger partial charge in [-0.3, -0.25) is 4.79 Å². The molecule has 1 saturated carbocycles. The summed E-state index contributed by atoms with van der Waals surface area (Å²) in [7, 11) is 0. The molecular weight excluding hydrogens is 192 g/mol. The lowest BCUT2D eigenvalue weighted by atomic mass is 10.0. The van der Waals surface area contributed by atoms with Gasteiger partial charge in [0.15, 0.2) is 0 Å². The molecule has 1 rings (SSSR count). The third-order valence-electron chi connectivity index (χ3n) is 3.00. The number of hydrogen-bond acceptors (Lipinski definition) is 3. The first kappa shape index (κ1) is 12.5. The van der Waals surface area contributed by atoms with Crippen molar-refractivity contribution in [3.05, 3.63) is 0 Å². The van der Waals surface area contributed by atoms with Crippen molar-refractivity contribution in [2.75, 3.05) is 6.61 Å². The molecule has 0 aromatic rings. The fourth-order valence-corrected chi connectivity index (χ4v) is 1.59. The van der Waals surface area contributed by atoms with Crippen molar-refractivity contribution in [1.82, 2.24) is 5.32 Å². The number of carbonyl (C=O) groups is 1. The molecule has 1 aliphatic rings. The zero-order chi connectivity index (χ0) is 11.4. The van der Waals surface area contributed by atoms with Crippen LogP contribution in [0.3, 0.4) is 0 Å². The third kappa shape index (κ3) is 4.18. The van der Waals surface area contributed by atoms with Gasteiger partial charge in [0.05, 0.1) is 12.6 Å². The first-order chi connectivity index (χ1) is 7.04. The van der Waals surface area contributed by atoms with Crippen molar-refractivity contribution in [2.24, 2.45) is 17.6 Å². The maximum atomic E-state index is 11.6. The van der Waals surface area contributed by atoms with Crippen molar-refractivity contribution < 1.29 is 9.90 Å². The van der Waals surface area contributed by atoms with Crippen molar-refractivity contribution in [3.63, 3.8) is 0 Å². The molecule has 4 heteroatoms. The number of nitrogens with two attached hydrogens (primary N) is 1. The average Bonchev–Trinajstić information content (AvgIpc) is 2.96. The Morgan fingerprint density at radius 2 is 2.13 bits per heavy atom. The molecule has 4 N–H and O–H groups in total. The molecule has 1 aliphatic carbocycles. The standard InChI is InChI=1S/C11H22N2O2/c1-7(2)10(6-14)13-11(15)5-9(12)8-3-4-8/h7-10,14H,3-6,12H2,1-2H3,(H,13,15)/t9?,10-/m1/s1. The number of nitrogens with one attached hydrogen (secondary N) is 1. The molecule has 1 amide bonds. The molecule has 15 heavy (non-hydrogen) atoms. The first-order valence-corrected chi connectivity index (χ1v) is 5.70. The quantitative estimate of drug-likeness (QED) is 0.593. The summed E-state index contributed by atoms with van der Waals surface area (Å²) in [4.78, 5) is 11.6. The Morgan fingerprint density at radius 3 is 2.53 bits per heavy atom. The molecule has 1 unspecified atom stereocenters. The molecule has 0 aromatic carbocycles. The number of aliphatic hydroxyl groups is 1. The van der Waals surface area contributed by atoms with Gasteiger partial charge in [-0.05, 0) is 24.7 Å². The third-order valence-corrected chi connectivity index (χ3v) is 3.00. The van der Waals surface area contributed by atoms with E-state index >= 15 is 0 Å². The molecule has 4 nitrogen and oxygen atoms in total. The summed E-state index contributed by atoms with van der Waals surface area (Å²) in [5, 5.41) is 11.9. The number of rotatable bonds is 6. The smallest absolute Gasteiger partial charge is 0.221 e. The second-order valence-electron chi connectivity index (χ2n) is 4.81. The zero-order valence-corrected chi connectivity index (χ0v) is 9.57. The van der Waals surface area contributed by atoms with Crippen molar-refractivity contribution in [3.8, 4) is 0 Å². The zero-order valence-electron chi connectivity index (χ0n) is 9.57. The van der Waals surface area contributed by atoms with Crippen LogP contribution in [0.15, 0.2) is 0 Å². The van der Waals surface area contributed by atoms with Gasteiger partial charge in [0, 0.05) is 12.5 Å². The van der Waals surface area contributed by atoms with Gasteiger partial charge >= 0.3 is 0 Å². The summed E-state index contributed by atoms with van der Waals surface area (Å²) in [6.45, 7) is 3.94. The van der Waals surface area contributed by atoms with Crippen LogP contribution in [-0.2, 0) is 4.79 Å². The molecule has 0 bridgehead atoms. The molecule has 0 spiro atoms. The summed E-state index contributed by atoms with van der Waals surface area (Å²) in [6, 6.07) is -0.152. The fourth-order valence-electron chi connectivity index (χ4n) is 1.59. The Hall–Kier alpha value is -0.610. The van der Waals surface area contributed by atoms with E-state index in [1.165, 1.54) is 0 Å². The second-order valence-corrected chi connectivity index (χ2v) is 4.81. The van der Waals surface area contributed by atoms with Crippen LogP contribution in [0.25, 0.3) is 0 Å². The predicted octanol–water partition coefficient (Wildman–Crippen LogP) is 0.247. The highest BCUT2D eigenvalue weighted by molar-refractivity contribution is 5.77. The van der Waals surface area contributed by atoms with E-state index < -0.39 is 0 Å². The van der Waals surface area contributed by atoms with Crippen LogP contribution in [0.1, 0.15) is 33.1 Å². The van der Waals surface area contributed by atoms with Crippen molar-refractivity contribution in [1.29, 1.82) is 0 Å².